The van der Waals surface area contributed by atoms with Gasteiger partial charge in [-0.15, -0.1) is 0 Å². The molecule has 1 saturated carbocycles. The van der Waals surface area contributed by atoms with Crippen molar-refractivity contribution in [3.8, 4) is 0 Å². The van der Waals surface area contributed by atoms with Crippen LogP contribution in [0.15, 0.2) is 23.0 Å². The Morgan fingerprint density at radius 1 is 1.03 bits per heavy atom. The maximum atomic E-state index is 12.9. The van der Waals surface area contributed by atoms with Crippen LogP contribution in [-0.4, -0.2) is 113 Å². The Bertz CT molecular complexity index is 906. The number of hydrogen-bond donors (Lipinski definition) is 4. The van der Waals surface area contributed by atoms with Gasteiger partial charge in [-0.1, -0.05) is 6.07 Å². The molecule has 0 spiro atoms. The summed E-state index contributed by atoms with van der Waals surface area (Å²) in [6.07, 6.45) is 5.08. The maximum Gasteiger partial charge on any atom is 0.290 e. The van der Waals surface area contributed by atoms with Gasteiger partial charge in [-0.3, -0.25) is 28.9 Å². The molecule has 4 N–H and O–H groups in total. The fourth-order valence-electron chi connectivity index (χ4n) is 4.62. The summed E-state index contributed by atoms with van der Waals surface area (Å²) in [6, 6.07) is 5.10. The largest absolute Gasteiger partial charge is 0.483 e. The van der Waals surface area contributed by atoms with E-state index in [1.54, 1.807) is 12.1 Å². The van der Waals surface area contributed by atoms with Crippen LogP contribution in [0.25, 0.3) is 0 Å². The first-order valence-corrected chi connectivity index (χ1v) is 12.2. The van der Waals surface area contributed by atoms with E-state index in [4.69, 9.17) is 19.8 Å². The molecule has 12 heteroatoms. The summed E-state index contributed by atoms with van der Waals surface area (Å²) in [6.45, 7) is 4.58. The Morgan fingerprint density at radius 3 is 2.22 bits per heavy atom. The number of carbonyl (C=O) groups excluding carboxylic acids is 2. The number of nitrogens with zero attached hydrogens (tertiary/aromatic N) is 3. The number of nitrogens with one attached hydrogen (secondary N) is 2. The average molecular weight is 508 g/mol. The van der Waals surface area contributed by atoms with E-state index in [2.05, 4.69) is 27.1 Å². The number of hydrogen-bond acceptors (Lipinski definition) is 7. The molecular weight excluding hydrogens is 470 g/mol. The van der Waals surface area contributed by atoms with Crippen LogP contribution in [0.1, 0.15) is 42.6 Å². The van der Waals surface area contributed by atoms with Gasteiger partial charge in [-0.2, -0.15) is 0 Å². The minimum Gasteiger partial charge on any atom is -0.483 e. The number of carboxylic acid groups (broad SMARTS) is 2. The lowest BCUT2D eigenvalue weighted by atomic mass is 10.1. The number of piperazine rings is 1. The molecule has 0 aromatic carbocycles. The third kappa shape index (κ3) is 9.42. The zero-order valence-electron chi connectivity index (χ0n) is 20.7. The summed E-state index contributed by atoms with van der Waals surface area (Å²) in [5.41, 5.74) is 0.0115. The molecule has 12 nitrogen and oxygen atoms in total. The fourth-order valence-corrected chi connectivity index (χ4v) is 4.62. The maximum absolute atomic E-state index is 12.9. The number of aromatic amines is 1. The van der Waals surface area contributed by atoms with Crippen LogP contribution in [-0.2, 0) is 14.4 Å². The van der Waals surface area contributed by atoms with Crippen LogP contribution in [0.2, 0.25) is 0 Å². The predicted octanol–water partition coefficient (Wildman–Crippen LogP) is -0.0866. The number of H-pyrrole nitrogens is 1. The number of likely N-dealkylation sites (tertiary alicyclic amines) is 1. The topological polar surface area (TPSA) is 163 Å². The Balaban J connectivity index is 0.000000693. The fraction of sp³-hybridized carbons (Fsp3) is 0.625. The molecular formula is C24H37N5O7. The summed E-state index contributed by atoms with van der Waals surface area (Å²) < 4.78 is 0. The first kappa shape index (κ1) is 29.0. The first-order valence-electron chi connectivity index (χ1n) is 12.2. The third-order valence-electron chi connectivity index (χ3n) is 6.71. The Morgan fingerprint density at radius 2 is 1.64 bits per heavy atom. The van der Waals surface area contributed by atoms with Crippen molar-refractivity contribution in [3.05, 3.63) is 34.2 Å². The summed E-state index contributed by atoms with van der Waals surface area (Å²) in [7, 11) is 2.10. The normalized spacial score (nSPS) is 21.9. The van der Waals surface area contributed by atoms with Crippen molar-refractivity contribution in [3.63, 3.8) is 0 Å². The van der Waals surface area contributed by atoms with E-state index in [9.17, 15) is 14.4 Å². The van der Waals surface area contributed by atoms with E-state index in [0.717, 1.165) is 51.5 Å². The molecule has 36 heavy (non-hydrogen) atoms. The number of amides is 2. The van der Waals surface area contributed by atoms with E-state index in [-0.39, 0.29) is 48.1 Å². The highest BCUT2D eigenvalue weighted by Crippen LogP contribution is 2.35. The van der Waals surface area contributed by atoms with Gasteiger partial charge in [0.2, 0.25) is 11.5 Å². The van der Waals surface area contributed by atoms with Gasteiger partial charge in [0.1, 0.15) is 5.69 Å². The SMILES string of the molecule is CN1CCN(C(=O)C[C@H]2CC[C@@H](CNC(=O)c3cccc(=O)[nH]3)N2CC2CC2)CC1.O=CO.O=CO. The molecule has 1 aromatic heterocycles. The quantitative estimate of drug-likeness (QED) is 0.369. The van der Waals surface area contributed by atoms with Gasteiger partial charge in [0.15, 0.2) is 0 Å². The highest BCUT2D eigenvalue weighted by molar-refractivity contribution is 5.92. The molecule has 2 atom stereocenters. The van der Waals surface area contributed by atoms with Gasteiger partial charge in [0, 0.05) is 63.8 Å². The van der Waals surface area contributed by atoms with Crippen molar-refractivity contribution >= 4 is 24.8 Å². The Labute approximate surface area is 210 Å². The summed E-state index contributed by atoms with van der Waals surface area (Å²) in [5.74, 6) is 0.740. The first-order chi connectivity index (χ1) is 17.3. The predicted molar refractivity (Wildman–Crippen MR) is 132 cm³/mol. The van der Waals surface area contributed by atoms with Gasteiger partial charge < -0.3 is 30.3 Å². The zero-order chi connectivity index (χ0) is 26.5. The molecule has 3 heterocycles. The number of carbonyl (C=O) groups is 4. The van der Waals surface area contributed by atoms with E-state index >= 15 is 0 Å². The van der Waals surface area contributed by atoms with Crippen LogP contribution >= 0.6 is 0 Å². The molecule has 1 aliphatic carbocycles. The van der Waals surface area contributed by atoms with Crippen LogP contribution in [0.5, 0.6) is 0 Å². The molecule has 3 fully saturated rings. The molecule has 3 aliphatic rings. The Hall–Kier alpha value is -3.25. The van der Waals surface area contributed by atoms with Crippen molar-refractivity contribution in [2.75, 3.05) is 46.3 Å². The lowest BCUT2D eigenvalue weighted by Gasteiger charge is -2.35. The molecule has 1 aromatic rings. The van der Waals surface area contributed by atoms with Gasteiger partial charge in [-0.05, 0) is 44.7 Å². The molecule has 0 unspecified atom stereocenters. The Kier molecular flexibility index (Phi) is 12.1. The summed E-state index contributed by atoms with van der Waals surface area (Å²) in [4.78, 5) is 62.8. The standard InChI is InChI=1S/C22H33N5O3.2CH2O2/c1-25-9-11-26(12-10-25)21(29)13-17-7-8-18(27(17)15-16-5-6-16)14-23-22(30)19-3-2-4-20(28)24-19;2*2-1-3/h2-4,16-18H,5-15H2,1H3,(H,23,30)(H,24,28);2*1H,(H,2,3)/t17-,18+;;/m1../s1. The molecule has 2 aliphatic heterocycles. The molecule has 0 bridgehead atoms. The molecule has 4 rings (SSSR count). The number of pyridine rings is 1. The van der Waals surface area contributed by atoms with E-state index in [0.29, 0.717) is 13.0 Å². The molecule has 2 saturated heterocycles. The third-order valence-corrected chi connectivity index (χ3v) is 6.71. The minimum absolute atomic E-state index is 0.246. The van der Waals surface area contributed by atoms with Crippen molar-refractivity contribution in [1.29, 1.82) is 0 Å². The second kappa shape index (κ2) is 15.0. The number of rotatable bonds is 7. The van der Waals surface area contributed by atoms with Gasteiger partial charge in [0.25, 0.3) is 18.9 Å². The van der Waals surface area contributed by atoms with Gasteiger partial charge in [-0.25, -0.2) is 0 Å². The van der Waals surface area contributed by atoms with Crippen molar-refractivity contribution in [2.45, 2.75) is 44.2 Å². The molecule has 2 amide bonds. The van der Waals surface area contributed by atoms with Crippen molar-refractivity contribution < 1.29 is 29.4 Å². The summed E-state index contributed by atoms with van der Waals surface area (Å²) in [5, 5.41) is 16.8. The number of likely N-dealkylation sites (N-methyl/N-ethyl adjacent to an activating group) is 1. The second-order valence-electron chi connectivity index (χ2n) is 9.26. The highest BCUT2D eigenvalue weighted by atomic mass is 16.3. The lowest BCUT2D eigenvalue weighted by molar-refractivity contribution is -0.134. The van der Waals surface area contributed by atoms with E-state index in [1.165, 1.54) is 18.9 Å². The minimum atomic E-state index is -0.277. The second-order valence-corrected chi connectivity index (χ2v) is 9.26. The monoisotopic (exact) mass is 507 g/mol. The van der Waals surface area contributed by atoms with Gasteiger partial charge in [0.05, 0.1) is 0 Å². The van der Waals surface area contributed by atoms with E-state index in [1.807, 2.05) is 4.90 Å². The van der Waals surface area contributed by atoms with Crippen LogP contribution < -0.4 is 10.9 Å². The van der Waals surface area contributed by atoms with Crippen molar-refractivity contribution in [2.24, 2.45) is 5.92 Å². The van der Waals surface area contributed by atoms with Crippen molar-refractivity contribution in [1.82, 2.24) is 25.0 Å². The number of aromatic nitrogens is 1. The zero-order valence-corrected chi connectivity index (χ0v) is 20.7. The molecule has 200 valence electrons. The van der Waals surface area contributed by atoms with Crippen LogP contribution in [0.4, 0.5) is 0 Å². The van der Waals surface area contributed by atoms with Crippen LogP contribution in [0.3, 0.4) is 0 Å². The summed E-state index contributed by atoms with van der Waals surface area (Å²) >= 11 is 0. The van der Waals surface area contributed by atoms with Gasteiger partial charge >= 0.3 is 0 Å². The van der Waals surface area contributed by atoms with Crippen LogP contribution in [0, 0.1) is 5.92 Å². The lowest BCUT2D eigenvalue weighted by Crippen LogP contribution is -2.49. The smallest absolute Gasteiger partial charge is 0.290 e. The molecule has 0 radical (unpaired) electrons. The average Bonchev–Trinajstić information content (AvgIpc) is 3.60. The highest BCUT2D eigenvalue weighted by Gasteiger charge is 2.38. The van der Waals surface area contributed by atoms with E-state index < -0.39 is 0 Å².